The van der Waals surface area contributed by atoms with Gasteiger partial charge in [-0.1, -0.05) is 24.3 Å². The van der Waals surface area contributed by atoms with E-state index in [1.54, 1.807) is 23.1 Å². The van der Waals surface area contributed by atoms with Crippen molar-refractivity contribution in [2.45, 2.75) is 36.6 Å². The van der Waals surface area contributed by atoms with Crippen LogP contribution in [-0.2, 0) is 16.4 Å². The van der Waals surface area contributed by atoms with E-state index in [1.165, 1.54) is 10.4 Å². The predicted molar refractivity (Wildman–Crippen MR) is 109 cm³/mol. The molecule has 4 rings (SSSR count). The third kappa shape index (κ3) is 3.52. The van der Waals surface area contributed by atoms with Gasteiger partial charge in [0.2, 0.25) is 0 Å². The number of amides is 1. The van der Waals surface area contributed by atoms with Gasteiger partial charge >= 0.3 is 0 Å². The molecule has 2 aromatic carbocycles. The topological polar surface area (TPSA) is 83.7 Å². The number of hydrogen-bond donors (Lipinski definition) is 1. The number of sulfonamides is 1. The predicted octanol–water partition coefficient (Wildman–Crippen LogP) is 2.39. The molecule has 0 unspecified atom stereocenters. The Morgan fingerprint density at radius 2 is 1.75 bits per heavy atom. The van der Waals surface area contributed by atoms with Crippen molar-refractivity contribution >= 4 is 21.6 Å². The Labute approximate surface area is 166 Å². The van der Waals surface area contributed by atoms with E-state index in [0.29, 0.717) is 25.2 Å². The number of fused-ring (bicyclic) bond motifs is 1. The second kappa shape index (κ2) is 7.56. The normalized spacial score (nSPS) is 18.0. The van der Waals surface area contributed by atoms with Crippen LogP contribution in [0.1, 0.15) is 35.2 Å². The summed E-state index contributed by atoms with van der Waals surface area (Å²) in [6, 6.07) is 14.1. The quantitative estimate of drug-likeness (QED) is 0.859. The SMILES string of the molecule is NC1CCN(C(=O)c2cccc(S(=O)(=O)N3CCCc4ccccc43)c2)CC1. The molecule has 1 amide bonds. The van der Waals surface area contributed by atoms with Crippen molar-refractivity contribution in [3.05, 3.63) is 59.7 Å². The number of anilines is 1. The van der Waals surface area contributed by atoms with E-state index in [9.17, 15) is 13.2 Å². The zero-order valence-corrected chi connectivity index (χ0v) is 16.6. The molecule has 2 N–H and O–H groups in total. The Morgan fingerprint density at radius 3 is 2.54 bits per heavy atom. The lowest BCUT2D eigenvalue weighted by Gasteiger charge is -2.31. The average Bonchev–Trinajstić information content (AvgIpc) is 2.73. The highest BCUT2D eigenvalue weighted by molar-refractivity contribution is 7.92. The van der Waals surface area contributed by atoms with Crippen LogP contribution in [0.5, 0.6) is 0 Å². The number of carbonyl (C=O) groups is 1. The molecule has 2 aromatic rings. The van der Waals surface area contributed by atoms with Crippen molar-refractivity contribution in [3.63, 3.8) is 0 Å². The van der Waals surface area contributed by atoms with Gasteiger partial charge in [0.15, 0.2) is 0 Å². The van der Waals surface area contributed by atoms with Crippen LogP contribution in [0.25, 0.3) is 0 Å². The Bertz CT molecular complexity index is 982. The van der Waals surface area contributed by atoms with Crippen LogP contribution in [0, 0.1) is 0 Å². The van der Waals surface area contributed by atoms with Crippen LogP contribution in [0.4, 0.5) is 5.69 Å². The number of piperidine rings is 1. The lowest BCUT2D eigenvalue weighted by Crippen LogP contribution is -2.43. The molecular formula is C21H25N3O3S. The number of benzene rings is 2. The number of aryl methyl sites for hydroxylation is 1. The van der Waals surface area contributed by atoms with Gasteiger partial charge in [0.25, 0.3) is 15.9 Å². The highest BCUT2D eigenvalue weighted by atomic mass is 32.2. The van der Waals surface area contributed by atoms with E-state index in [1.807, 2.05) is 24.3 Å². The van der Waals surface area contributed by atoms with Gasteiger partial charge in [-0.2, -0.15) is 0 Å². The molecule has 0 aliphatic carbocycles. The van der Waals surface area contributed by atoms with Crippen molar-refractivity contribution < 1.29 is 13.2 Å². The maximum Gasteiger partial charge on any atom is 0.264 e. The molecule has 6 nitrogen and oxygen atoms in total. The highest BCUT2D eigenvalue weighted by Crippen LogP contribution is 2.32. The zero-order chi connectivity index (χ0) is 19.7. The van der Waals surface area contributed by atoms with Crippen LogP contribution in [0.2, 0.25) is 0 Å². The molecule has 28 heavy (non-hydrogen) atoms. The van der Waals surface area contributed by atoms with Crippen LogP contribution in [-0.4, -0.2) is 44.9 Å². The summed E-state index contributed by atoms with van der Waals surface area (Å²) in [6.07, 6.45) is 3.20. The molecule has 0 spiro atoms. The van der Waals surface area contributed by atoms with Gasteiger partial charge in [0, 0.05) is 31.2 Å². The molecular weight excluding hydrogens is 374 g/mol. The average molecular weight is 400 g/mol. The number of hydrogen-bond acceptors (Lipinski definition) is 4. The first-order valence-corrected chi connectivity index (χ1v) is 11.2. The van der Waals surface area contributed by atoms with E-state index in [4.69, 9.17) is 5.73 Å². The molecule has 0 bridgehead atoms. The lowest BCUT2D eigenvalue weighted by atomic mass is 10.0. The van der Waals surface area contributed by atoms with Crippen LogP contribution < -0.4 is 10.0 Å². The number of nitrogens with two attached hydrogens (primary N) is 1. The fraction of sp³-hybridized carbons (Fsp3) is 0.381. The summed E-state index contributed by atoms with van der Waals surface area (Å²) >= 11 is 0. The fourth-order valence-corrected chi connectivity index (χ4v) is 5.54. The first-order chi connectivity index (χ1) is 13.5. The van der Waals surface area contributed by atoms with Crippen LogP contribution >= 0.6 is 0 Å². The highest BCUT2D eigenvalue weighted by Gasteiger charge is 2.30. The molecule has 0 radical (unpaired) electrons. The number of carbonyl (C=O) groups excluding carboxylic acids is 1. The van der Waals surface area contributed by atoms with Crippen LogP contribution in [0.3, 0.4) is 0 Å². The standard InChI is InChI=1S/C21H25N3O3S/c22-18-10-13-23(14-11-18)21(25)17-6-3-8-19(15-17)28(26,27)24-12-4-7-16-5-1-2-9-20(16)24/h1-3,5-6,8-9,15,18H,4,7,10-14,22H2. The zero-order valence-electron chi connectivity index (χ0n) is 15.8. The minimum atomic E-state index is -3.73. The minimum absolute atomic E-state index is 0.134. The summed E-state index contributed by atoms with van der Waals surface area (Å²) in [5.41, 5.74) is 8.09. The van der Waals surface area contributed by atoms with E-state index >= 15 is 0 Å². The minimum Gasteiger partial charge on any atom is -0.339 e. The fourth-order valence-electron chi connectivity index (χ4n) is 3.95. The summed E-state index contributed by atoms with van der Waals surface area (Å²) in [7, 11) is -3.73. The van der Waals surface area contributed by atoms with Gasteiger partial charge in [-0.05, 0) is 55.5 Å². The Balaban J connectivity index is 1.63. The molecule has 2 heterocycles. The first kappa shape index (κ1) is 19.0. The third-order valence-electron chi connectivity index (χ3n) is 5.56. The van der Waals surface area contributed by atoms with Crippen molar-refractivity contribution in [2.75, 3.05) is 23.9 Å². The van der Waals surface area contributed by atoms with Crippen LogP contribution in [0.15, 0.2) is 53.4 Å². The summed E-state index contributed by atoms with van der Waals surface area (Å²) in [5.74, 6) is -0.136. The molecule has 2 aliphatic heterocycles. The van der Waals surface area contributed by atoms with Gasteiger partial charge in [0.05, 0.1) is 10.6 Å². The summed E-state index contributed by atoms with van der Waals surface area (Å²) in [6.45, 7) is 1.66. The molecule has 2 aliphatic rings. The molecule has 1 saturated heterocycles. The van der Waals surface area contributed by atoms with Gasteiger partial charge in [-0.15, -0.1) is 0 Å². The number of rotatable bonds is 3. The number of likely N-dealkylation sites (tertiary alicyclic amines) is 1. The molecule has 7 heteroatoms. The van der Waals surface area contributed by atoms with Crippen molar-refractivity contribution in [1.82, 2.24) is 4.90 Å². The maximum absolute atomic E-state index is 13.3. The van der Waals surface area contributed by atoms with E-state index < -0.39 is 10.0 Å². The van der Waals surface area contributed by atoms with E-state index in [2.05, 4.69) is 0 Å². The maximum atomic E-state index is 13.3. The second-order valence-electron chi connectivity index (χ2n) is 7.47. The second-order valence-corrected chi connectivity index (χ2v) is 9.33. The Morgan fingerprint density at radius 1 is 1.00 bits per heavy atom. The van der Waals surface area contributed by atoms with Gasteiger partial charge in [-0.25, -0.2) is 8.42 Å². The lowest BCUT2D eigenvalue weighted by molar-refractivity contribution is 0.0714. The monoisotopic (exact) mass is 399 g/mol. The van der Waals surface area contributed by atoms with E-state index in [0.717, 1.165) is 36.9 Å². The van der Waals surface area contributed by atoms with Crippen molar-refractivity contribution in [3.8, 4) is 0 Å². The Kier molecular flexibility index (Phi) is 5.12. The summed E-state index contributed by atoms with van der Waals surface area (Å²) in [4.78, 5) is 14.7. The Hall–Kier alpha value is -2.38. The smallest absolute Gasteiger partial charge is 0.264 e. The largest absolute Gasteiger partial charge is 0.339 e. The molecule has 0 atom stereocenters. The molecule has 1 fully saturated rings. The third-order valence-corrected chi connectivity index (χ3v) is 7.37. The van der Waals surface area contributed by atoms with E-state index in [-0.39, 0.29) is 16.8 Å². The summed E-state index contributed by atoms with van der Waals surface area (Å²) < 4.78 is 28.1. The van der Waals surface area contributed by atoms with Crippen molar-refractivity contribution in [1.29, 1.82) is 0 Å². The molecule has 148 valence electrons. The molecule has 0 saturated carbocycles. The number of nitrogens with zero attached hydrogens (tertiary/aromatic N) is 2. The van der Waals surface area contributed by atoms with Gasteiger partial charge in [0.1, 0.15) is 0 Å². The summed E-state index contributed by atoms with van der Waals surface area (Å²) in [5, 5.41) is 0. The van der Waals surface area contributed by atoms with Gasteiger partial charge < -0.3 is 10.6 Å². The first-order valence-electron chi connectivity index (χ1n) is 9.72. The molecule has 0 aromatic heterocycles. The number of para-hydroxylation sites is 1. The van der Waals surface area contributed by atoms with Gasteiger partial charge in [-0.3, -0.25) is 9.10 Å². The van der Waals surface area contributed by atoms with Crippen molar-refractivity contribution in [2.24, 2.45) is 5.73 Å².